The van der Waals surface area contributed by atoms with Gasteiger partial charge in [-0.1, -0.05) is 0 Å². The van der Waals surface area contributed by atoms with Crippen molar-refractivity contribution < 1.29 is 14.6 Å². The fourth-order valence-corrected chi connectivity index (χ4v) is 2.96. The molecule has 0 radical (unpaired) electrons. The summed E-state index contributed by atoms with van der Waals surface area (Å²) < 4.78 is 5.50. The van der Waals surface area contributed by atoms with Gasteiger partial charge in [-0.3, -0.25) is 0 Å². The highest BCUT2D eigenvalue weighted by molar-refractivity contribution is 5.74. The number of methoxy groups -OCH3 is 1. The largest absolute Gasteiger partial charge is 0.393 e. The minimum absolute atomic E-state index is 0.0197. The molecule has 5 heteroatoms. The number of ether oxygens (including phenoxy) is 1. The molecule has 1 aliphatic carbocycles. The van der Waals surface area contributed by atoms with Gasteiger partial charge in [-0.05, 0) is 39.0 Å². The average molecular weight is 270 g/mol. The van der Waals surface area contributed by atoms with Gasteiger partial charge >= 0.3 is 6.03 Å². The summed E-state index contributed by atoms with van der Waals surface area (Å²) in [6.45, 7) is 3.84. The fraction of sp³-hybridized carbons (Fsp3) is 0.929. The summed E-state index contributed by atoms with van der Waals surface area (Å²) in [5.74, 6) is 0.208. The fourth-order valence-electron chi connectivity index (χ4n) is 2.96. The lowest BCUT2D eigenvalue weighted by Gasteiger charge is -2.41. The van der Waals surface area contributed by atoms with E-state index in [0.29, 0.717) is 13.1 Å². The molecule has 2 fully saturated rings. The Bertz CT molecular complexity index is 310. The molecule has 1 aliphatic heterocycles. The van der Waals surface area contributed by atoms with Crippen LogP contribution in [-0.2, 0) is 4.74 Å². The van der Waals surface area contributed by atoms with E-state index in [-0.39, 0.29) is 23.7 Å². The van der Waals surface area contributed by atoms with E-state index >= 15 is 0 Å². The van der Waals surface area contributed by atoms with Crippen molar-refractivity contribution in [3.05, 3.63) is 0 Å². The van der Waals surface area contributed by atoms with Crippen LogP contribution < -0.4 is 5.32 Å². The number of amides is 2. The summed E-state index contributed by atoms with van der Waals surface area (Å²) >= 11 is 0. The van der Waals surface area contributed by atoms with Crippen LogP contribution in [-0.4, -0.2) is 54.5 Å². The van der Waals surface area contributed by atoms with E-state index in [1.165, 1.54) is 6.42 Å². The van der Waals surface area contributed by atoms with Gasteiger partial charge in [-0.2, -0.15) is 0 Å². The van der Waals surface area contributed by atoms with Crippen molar-refractivity contribution in [3.8, 4) is 0 Å². The number of hydrogen-bond donors (Lipinski definition) is 2. The van der Waals surface area contributed by atoms with E-state index in [1.54, 1.807) is 14.0 Å². The first-order valence-corrected chi connectivity index (χ1v) is 7.32. The van der Waals surface area contributed by atoms with Crippen molar-refractivity contribution in [1.29, 1.82) is 0 Å². The lowest BCUT2D eigenvalue weighted by atomic mass is 9.80. The van der Waals surface area contributed by atoms with Gasteiger partial charge in [0.15, 0.2) is 0 Å². The summed E-state index contributed by atoms with van der Waals surface area (Å²) in [5.41, 5.74) is -0.130. The minimum atomic E-state index is -0.340. The number of carbonyl (C=O) groups excluding carboxylic acids is 1. The van der Waals surface area contributed by atoms with Gasteiger partial charge in [0.2, 0.25) is 0 Å². The van der Waals surface area contributed by atoms with Crippen LogP contribution in [0.1, 0.15) is 39.0 Å². The number of likely N-dealkylation sites (tertiary alicyclic amines) is 1. The van der Waals surface area contributed by atoms with Gasteiger partial charge in [-0.25, -0.2) is 4.79 Å². The van der Waals surface area contributed by atoms with Crippen LogP contribution in [0.25, 0.3) is 0 Å². The van der Waals surface area contributed by atoms with Crippen molar-refractivity contribution in [2.75, 3.05) is 26.7 Å². The molecule has 5 nitrogen and oxygen atoms in total. The number of piperidine rings is 1. The molecule has 19 heavy (non-hydrogen) atoms. The zero-order valence-corrected chi connectivity index (χ0v) is 12.0. The van der Waals surface area contributed by atoms with Crippen LogP contribution in [0, 0.1) is 5.92 Å². The summed E-state index contributed by atoms with van der Waals surface area (Å²) in [6, 6.07) is -0.0197. The molecule has 0 aromatic carbocycles. The number of rotatable bonds is 4. The number of aliphatic hydroxyl groups is 1. The van der Waals surface area contributed by atoms with Crippen LogP contribution in [0.3, 0.4) is 0 Å². The summed E-state index contributed by atoms with van der Waals surface area (Å²) in [7, 11) is 1.72. The van der Waals surface area contributed by atoms with E-state index in [0.717, 1.165) is 32.2 Å². The van der Waals surface area contributed by atoms with E-state index < -0.39 is 0 Å². The lowest BCUT2D eigenvalue weighted by Crippen LogP contribution is -2.54. The third-order valence-corrected chi connectivity index (χ3v) is 4.69. The van der Waals surface area contributed by atoms with Gasteiger partial charge in [-0.15, -0.1) is 0 Å². The van der Waals surface area contributed by atoms with Crippen LogP contribution in [0.15, 0.2) is 0 Å². The standard InChI is InChI=1S/C14H26N2O3/c1-11(17)12-5-3-8-16(9-12)13(18)15-10-14(19-2)6-4-7-14/h11-12,17H,3-10H2,1-2H3,(H,15,18). The molecule has 1 saturated heterocycles. The Hall–Kier alpha value is -0.810. The second-order valence-electron chi connectivity index (χ2n) is 5.99. The van der Waals surface area contributed by atoms with Gasteiger partial charge in [0, 0.05) is 32.7 Å². The third-order valence-electron chi connectivity index (χ3n) is 4.69. The topological polar surface area (TPSA) is 61.8 Å². The second kappa shape index (κ2) is 6.09. The predicted octanol–water partition coefficient (Wildman–Crippen LogP) is 1.36. The van der Waals surface area contributed by atoms with Crippen molar-refractivity contribution in [2.24, 2.45) is 5.92 Å². The monoisotopic (exact) mass is 270 g/mol. The maximum absolute atomic E-state index is 12.1. The smallest absolute Gasteiger partial charge is 0.317 e. The number of nitrogens with zero attached hydrogens (tertiary/aromatic N) is 1. The molecular formula is C14H26N2O3. The van der Waals surface area contributed by atoms with Crippen molar-refractivity contribution in [1.82, 2.24) is 10.2 Å². The van der Waals surface area contributed by atoms with Gasteiger partial charge in [0.25, 0.3) is 0 Å². The first kappa shape index (κ1) is 14.6. The SMILES string of the molecule is COC1(CNC(=O)N2CCCC(C(C)O)C2)CCC1. The average Bonchev–Trinajstić information content (AvgIpc) is 2.38. The van der Waals surface area contributed by atoms with E-state index in [4.69, 9.17) is 4.74 Å². The molecule has 0 spiro atoms. The van der Waals surface area contributed by atoms with Crippen molar-refractivity contribution >= 4 is 6.03 Å². The Labute approximate surface area is 115 Å². The Morgan fingerprint density at radius 2 is 2.26 bits per heavy atom. The highest BCUT2D eigenvalue weighted by atomic mass is 16.5. The molecule has 2 unspecified atom stereocenters. The Morgan fingerprint density at radius 3 is 2.79 bits per heavy atom. The lowest BCUT2D eigenvalue weighted by molar-refractivity contribution is -0.0681. The van der Waals surface area contributed by atoms with Crippen molar-refractivity contribution in [2.45, 2.75) is 50.7 Å². The molecule has 1 heterocycles. The Kier molecular flexibility index (Phi) is 4.68. The molecule has 2 N–H and O–H groups in total. The maximum Gasteiger partial charge on any atom is 0.317 e. The molecule has 1 saturated carbocycles. The molecule has 0 aromatic rings. The number of hydrogen-bond acceptors (Lipinski definition) is 3. The van der Waals surface area contributed by atoms with Gasteiger partial charge < -0.3 is 20.1 Å². The number of aliphatic hydroxyl groups excluding tert-OH is 1. The number of nitrogens with one attached hydrogen (secondary N) is 1. The zero-order valence-electron chi connectivity index (χ0n) is 12.0. The first-order valence-electron chi connectivity index (χ1n) is 7.32. The van der Waals surface area contributed by atoms with E-state index in [2.05, 4.69) is 5.32 Å². The van der Waals surface area contributed by atoms with Crippen LogP contribution in [0.5, 0.6) is 0 Å². The van der Waals surface area contributed by atoms with Crippen LogP contribution >= 0.6 is 0 Å². The van der Waals surface area contributed by atoms with Crippen LogP contribution in [0.2, 0.25) is 0 Å². The molecule has 0 bridgehead atoms. The molecule has 2 aliphatic rings. The molecular weight excluding hydrogens is 244 g/mol. The normalized spacial score (nSPS) is 27.5. The maximum atomic E-state index is 12.1. The molecule has 2 rings (SSSR count). The first-order chi connectivity index (χ1) is 9.06. The Morgan fingerprint density at radius 1 is 1.53 bits per heavy atom. The van der Waals surface area contributed by atoms with Crippen LogP contribution in [0.4, 0.5) is 4.79 Å². The number of carbonyl (C=O) groups is 1. The van der Waals surface area contributed by atoms with Gasteiger partial charge in [0.1, 0.15) is 0 Å². The molecule has 2 amide bonds. The predicted molar refractivity (Wildman–Crippen MR) is 73.0 cm³/mol. The highest BCUT2D eigenvalue weighted by Gasteiger charge is 2.37. The molecule has 0 aromatic heterocycles. The molecule has 2 atom stereocenters. The Balaban J connectivity index is 1.79. The summed E-state index contributed by atoms with van der Waals surface area (Å²) in [4.78, 5) is 14.0. The summed E-state index contributed by atoms with van der Waals surface area (Å²) in [5, 5.41) is 12.6. The zero-order chi connectivity index (χ0) is 13.9. The quantitative estimate of drug-likeness (QED) is 0.811. The van der Waals surface area contributed by atoms with E-state index in [1.807, 2.05) is 4.90 Å². The highest BCUT2D eigenvalue weighted by Crippen LogP contribution is 2.34. The van der Waals surface area contributed by atoms with E-state index in [9.17, 15) is 9.90 Å². The number of urea groups is 1. The minimum Gasteiger partial charge on any atom is -0.393 e. The van der Waals surface area contributed by atoms with Crippen molar-refractivity contribution in [3.63, 3.8) is 0 Å². The molecule has 110 valence electrons. The summed E-state index contributed by atoms with van der Waals surface area (Å²) in [6.07, 6.45) is 4.87. The second-order valence-corrected chi connectivity index (χ2v) is 5.99. The third kappa shape index (κ3) is 3.39. The van der Waals surface area contributed by atoms with Gasteiger partial charge in [0.05, 0.1) is 11.7 Å².